The Balaban J connectivity index is 0.851. The zero-order valence-electron chi connectivity index (χ0n) is 37.4. The van der Waals surface area contributed by atoms with Crippen molar-refractivity contribution in [2.24, 2.45) is 0 Å². The molecule has 2 saturated heterocycles. The summed E-state index contributed by atoms with van der Waals surface area (Å²) in [4.78, 5) is 69.8. The first-order valence-corrected chi connectivity index (χ1v) is 22.9. The van der Waals surface area contributed by atoms with E-state index in [2.05, 4.69) is 10.2 Å². The largest absolute Gasteiger partial charge is 0.493 e. The molecule has 352 valence electrons. The second-order valence-corrected chi connectivity index (χ2v) is 17.6. The predicted molar refractivity (Wildman–Crippen MR) is 243 cm³/mol. The molecule has 10 rings (SSSR count). The highest BCUT2D eigenvalue weighted by molar-refractivity contribution is 6.06. The third-order valence-electron chi connectivity index (χ3n) is 13.5. The second kappa shape index (κ2) is 18.5. The first-order chi connectivity index (χ1) is 32.9. The van der Waals surface area contributed by atoms with Gasteiger partial charge < -0.3 is 33.7 Å². The van der Waals surface area contributed by atoms with Gasteiger partial charge in [-0.3, -0.25) is 34.1 Å². The number of amides is 4. The summed E-state index contributed by atoms with van der Waals surface area (Å²) in [5.74, 6) is -2.51. The number of halogens is 2. The molecule has 1 unspecified atom stereocenters. The lowest BCUT2D eigenvalue weighted by Crippen LogP contribution is -2.52. The Hall–Kier alpha value is -7.18. The van der Waals surface area contributed by atoms with E-state index in [9.17, 15) is 33.5 Å². The fourth-order valence-electron chi connectivity index (χ4n) is 10.2. The number of benzene rings is 4. The van der Waals surface area contributed by atoms with E-state index in [1.807, 2.05) is 23.7 Å². The SMILES string of the molecule is Cc1nn2c(c1-c1c(F)ccc3c(CCCOc4cccc5cc(F)ccc45)c(C(=O)O)n(CCN4CCN(C(=O)COc5cccc6c5CN(C5CCC(=O)NC5=O)C6=O)CC4)c13)COCC2. The number of hydrogen-bond acceptors (Lipinski definition) is 10. The van der Waals surface area contributed by atoms with E-state index in [0.29, 0.717) is 114 Å². The average Bonchev–Trinajstić information content (AvgIpc) is 3.96. The molecule has 0 bridgehead atoms. The van der Waals surface area contributed by atoms with E-state index in [1.54, 1.807) is 45.9 Å². The zero-order valence-corrected chi connectivity index (χ0v) is 37.4. The Morgan fingerprint density at radius 1 is 0.912 bits per heavy atom. The van der Waals surface area contributed by atoms with Crippen molar-refractivity contribution in [1.82, 2.24) is 34.4 Å². The average molecular weight is 930 g/mol. The van der Waals surface area contributed by atoms with Crippen LogP contribution >= 0.6 is 0 Å². The normalized spacial score (nSPS) is 17.5. The lowest BCUT2D eigenvalue weighted by atomic mass is 9.97. The summed E-state index contributed by atoms with van der Waals surface area (Å²) >= 11 is 0. The monoisotopic (exact) mass is 929 g/mol. The van der Waals surface area contributed by atoms with E-state index in [1.165, 1.54) is 23.1 Å². The molecule has 18 heteroatoms. The lowest BCUT2D eigenvalue weighted by molar-refractivity contribution is -0.137. The number of carboxylic acids is 1. The smallest absolute Gasteiger partial charge is 0.352 e. The van der Waals surface area contributed by atoms with Crippen molar-refractivity contribution in [3.63, 3.8) is 0 Å². The van der Waals surface area contributed by atoms with E-state index >= 15 is 4.39 Å². The number of piperidine rings is 1. The molecule has 4 aliphatic rings. The fraction of sp³-hybridized carbons (Fsp3) is 0.360. The summed E-state index contributed by atoms with van der Waals surface area (Å²) in [6.07, 6.45) is 1.11. The maximum atomic E-state index is 16.5. The van der Waals surface area contributed by atoms with Crippen LogP contribution in [0.2, 0.25) is 0 Å². The number of carboxylic acid groups (broad SMARTS) is 1. The molecule has 0 spiro atoms. The Kier molecular flexibility index (Phi) is 12.1. The van der Waals surface area contributed by atoms with Crippen molar-refractivity contribution in [2.75, 3.05) is 52.5 Å². The lowest BCUT2D eigenvalue weighted by Gasteiger charge is -2.35. The van der Waals surface area contributed by atoms with Gasteiger partial charge in [0.25, 0.3) is 11.8 Å². The standard InChI is InChI=1S/C50H49F2N7O9/c1-29-44(39-27-66-24-22-59(39)54-29)45-37(52)13-12-34-33(7-4-23-67-40-8-2-5-30-25-31(51)10-11-32(30)40)47(50(64)65)57(46(34)45)21-18-55-16-19-56(20-17-55)43(61)28-68-41-9-3-6-35-36(41)26-58(49(35)63)38-14-15-42(60)53-48(38)62/h2-3,5-6,8-13,25,38H,4,7,14-24,26-28H2,1H3,(H,64,65)(H,53,60,62). The maximum Gasteiger partial charge on any atom is 0.352 e. The van der Waals surface area contributed by atoms with Crippen molar-refractivity contribution in [2.45, 2.75) is 64.9 Å². The molecule has 4 aliphatic heterocycles. The zero-order chi connectivity index (χ0) is 47.2. The molecule has 4 amide bonds. The molecule has 0 radical (unpaired) electrons. The second-order valence-electron chi connectivity index (χ2n) is 17.6. The number of rotatable bonds is 14. The van der Waals surface area contributed by atoms with Crippen molar-refractivity contribution in [1.29, 1.82) is 0 Å². The van der Waals surface area contributed by atoms with Gasteiger partial charge in [-0.15, -0.1) is 0 Å². The predicted octanol–water partition coefficient (Wildman–Crippen LogP) is 5.47. The Morgan fingerprint density at radius 2 is 1.71 bits per heavy atom. The van der Waals surface area contributed by atoms with Crippen LogP contribution in [0.1, 0.15) is 62.6 Å². The van der Waals surface area contributed by atoms with Crippen LogP contribution in [-0.4, -0.2) is 122 Å². The van der Waals surface area contributed by atoms with Crippen molar-refractivity contribution >= 4 is 51.3 Å². The van der Waals surface area contributed by atoms with Crippen LogP contribution in [0.4, 0.5) is 8.78 Å². The quantitative estimate of drug-likeness (QED) is 0.105. The Bertz CT molecular complexity index is 3030. The number of hydrogen-bond donors (Lipinski definition) is 2. The fourth-order valence-corrected chi connectivity index (χ4v) is 10.2. The molecular formula is C50H49F2N7O9. The summed E-state index contributed by atoms with van der Waals surface area (Å²) in [5.41, 5.74) is 4.22. The summed E-state index contributed by atoms with van der Waals surface area (Å²) in [5, 5.41) is 20.1. The number of aryl methyl sites for hydroxylation is 2. The van der Waals surface area contributed by atoms with Crippen LogP contribution in [0, 0.1) is 18.6 Å². The van der Waals surface area contributed by atoms with E-state index in [-0.39, 0.29) is 80.5 Å². The van der Waals surface area contributed by atoms with Crippen molar-refractivity contribution < 1.29 is 52.1 Å². The summed E-state index contributed by atoms with van der Waals surface area (Å²) < 4.78 is 52.0. The van der Waals surface area contributed by atoms with E-state index in [0.717, 1.165) is 11.1 Å². The van der Waals surface area contributed by atoms with Gasteiger partial charge in [0.1, 0.15) is 34.9 Å². The number of nitrogens with zero attached hydrogens (tertiary/aromatic N) is 6. The molecule has 2 fully saturated rings. The minimum atomic E-state index is -1.15. The molecule has 6 heterocycles. The third-order valence-corrected chi connectivity index (χ3v) is 13.5. The van der Waals surface area contributed by atoms with Gasteiger partial charge in [-0.25, -0.2) is 13.6 Å². The van der Waals surface area contributed by atoms with Crippen LogP contribution < -0.4 is 14.8 Å². The number of fused-ring (bicyclic) bond motifs is 4. The highest BCUT2D eigenvalue weighted by atomic mass is 19.1. The highest BCUT2D eigenvalue weighted by Gasteiger charge is 2.40. The molecule has 0 aliphatic carbocycles. The van der Waals surface area contributed by atoms with Gasteiger partial charge in [-0.2, -0.15) is 5.10 Å². The van der Waals surface area contributed by atoms with Gasteiger partial charge in [0.15, 0.2) is 6.61 Å². The number of imide groups is 1. The molecule has 68 heavy (non-hydrogen) atoms. The summed E-state index contributed by atoms with van der Waals surface area (Å²) in [6.45, 7) is 5.48. The van der Waals surface area contributed by atoms with Crippen LogP contribution in [0.25, 0.3) is 32.8 Å². The van der Waals surface area contributed by atoms with Gasteiger partial charge in [-0.1, -0.05) is 18.2 Å². The molecule has 2 aromatic heterocycles. The maximum absolute atomic E-state index is 16.5. The molecule has 1 atom stereocenters. The van der Waals surface area contributed by atoms with E-state index in [4.69, 9.17) is 19.3 Å². The minimum Gasteiger partial charge on any atom is -0.493 e. The Labute approximate surface area is 388 Å². The number of nitrogens with one attached hydrogen (secondary N) is 1. The Morgan fingerprint density at radius 3 is 2.51 bits per heavy atom. The highest BCUT2D eigenvalue weighted by Crippen LogP contribution is 2.41. The van der Waals surface area contributed by atoms with Crippen molar-refractivity contribution in [3.05, 3.63) is 112 Å². The number of carbonyl (C=O) groups excluding carboxylic acids is 4. The first kappa shape index (κ1) is 44.6. The number of aromatic nitrogens is 3. The van der Waals surface area contributed by atoms with Crippen LogP contribution in [0.5, 0.6) is 11.5 Å². The molecule has 16 nitrogen and oxygen atoms in total. The number of aromatic carboxylic acids is 1. The minimum absolute atomic E-state index is 0.0581. The van der Waals surface area contributed by atoms with Gasteiger partial charge in [0, 0.05) is 78.7 Å². The molecule has 0 saturated carbocycles. The van der Waals surface area contributed by atoms with Crippen LogP contribution in [0.3, 0.4) is 0 Å². The summed E-state index contributed by atoms with van der Waals surface area (Å²) in [6, 6.07) is 17.2. The van der Waals surface area contributed by atoms with Gasteiger partial charge in [0.05, 0.1) is 49.8 Å². The molecular weight excluding hydrogens is 881 g/mol. The third kappa shape index (κ3) is 8.31. The molecule has 4 aromatic carbocycles. The van der Waals surface area contributed by atoms with Gasteiger partial charge in [-0.05, 0) is 85.7 Å². The number of ether oxygens (including phenoxy) is 3. The number of piperazine rings is 1. The van der Waals surface area contributed by atoms with Crippen LogP contribution in [0.15, 0.2) is 66.7 Å². The van der Waals surface area contributed by atoms with Crippen molar-refractivity contribution in [3.8, 4) is 22.6 Å². The van der Waals surface area contributed by atoms with Crippen LogP contribution in [-0.2, 0) is 51.8 Å². The van der Waals surface area contributed by atoms with E-state index < -0.39 is 23.7 Å². The molecule has 6 aromatic rings. The van der Waals surface area contributed by atoms with Gasteiger partial charge in [0.2, 0.25) is 11.8 Å². The first-order valence-electron chi connectivity index (χ1n) is 22.9. The van der Waals surface area contributed by atoms with Gasteiger partial charge >= 0.3 is 5.97 Å². The number of carbonyl (C=O) groups is 5. The topological polar surface area (TPSA) is 178 Å². The molecule has 2 N–H and O–H groups in total. The summed E-state index contributed by atoms with van der Waals surface area (Å²) in [7, 11) is 0.